The quantitative estimate of drug-likeness (QED) is 0.676. The van der Waals surface area contributed by atoms with Crippen LogP contribution in [0.4, 0.5) is 20.2 Å². The van der Waals surface area contributed by atoms with Crippen LogP contribution in [0.2, 0.25) is 0 Å². The minimum absolute atomic E-state index is 0.00871. The maximum Gasteiger partial charge on any atom is 0.271 e. The van der Waals surface area contributed by atoms with E-state index in [0.717, 1.165) is 12.1 Å². The highest BCUT2D eigenvalue weighted by Gasteiger charge is 2.17. The number of anilines is 1. The van der Waals surface area contributed by atoms with Crippen LogP contribution in [0.15, 0.2) is 42.5 Å². The lowest BCUT2D eigenvalue weighted by Gasteiger charge is -2.14. The van der Waals surface area contributed by atoms with Crippen LogP contribution < -0.4 is 10.1 Å². The number of non-ortho nitro benzene ring substituents is 1. The van der Waals surface area contributed by atoms with Crippen LogP contribution in [0.5, 0.6) is 5.75 Å². The molecule has 2 aromatic carbocycles. The van der Waals surface area contributed by atoms with E-state index in [1.165, 1.54) is 37.3 Å². The zero-order valence-corrected chi connectivity index (χ0v) is 12.0. The van der Waals surface area contributed by atoms with Gasteiger partial charge in [0.05, 0.1) is 4.92 Å². The van der Waals surface area contributed by atoms with Gasteiger partial charge in [-0.2, -0.15) is 0 Å². The van der Waals surface area contributed by atoms with Crippen LogP contribution in [0.1, 0.15) is 6.92 Å². The van der Waals surface area contributed by atoms with E-state index in [9.17, 15) is 23.7 Å². The van der Waals surface area contributed by atoms with Gasteiger partial charge in [-0.25, -0.2) is 8.78 Å². The van der Waals surface area contributed by atoms with Crippen molar-refractivity contribution < 1.29 is 23.2 Å². The molecule has 0 radical (unpaired) electrons. The van der Waals surface area contributed by atoms with Crippen LogP contribution in [0.25, 0.3) is 0 Å². The van der Waals surface area contributed by atoms with Crippen LogP contribution >= 0.6 is 0 Å². The molecule has 0 spiro atoms. The van der Waals surface area contributed by atoms with Crippen molar-refractivity contribution in [3.63, 3.8) is 0 Å². The molecule has 0 aliphatic rings. The molecule has 0 heterocycles. The first-order valence-electron chi connectivity index (χ1n) is 6.54. The standard InChI is InChI=1S/C15H12F2N2O4/c1-9(23-12-5-6-13(16)14(17)8-12)15(20)18-10-3-2-4-11(7-10)19(21)22/h2-9H,1H3,(H,18,20). The van der Waals surface area contributed by atoms with E-state index in [-0.39, 0.29) is 17.1 Å². The van der Waals surface area contributed by atoms with Gasteiger partial charge in [-0.15, -0.1) is 0 Å². The van der Waals surface area contributed by atoms with Crippen LogP contribution in [0, 0.1) is 21.7 Å². The zero-order valence-electron chi connectivity index (χ0n) is 12.0. The number of nitrogens with zero attached hydrogens (tertiary/aromatic N) is 1. The number of ether oxygens (including phenoxy) is 1. The molecule has 1 N–H and O–H groups in total. The van der Waals surface area contributed by atoms with Gasteiger partial charge in [0.2, 0.25) is 0 Å². The Hall–Kier alpha value is -3.03. The second-order valence-electron chi connectivity index (χ2n) is 4.63. The number of nitro benzene ring substituents is 1. The highest BCUT2D eigenvalue weighted by Crippen LogP contribution is 2.19. The number of halogens is 2. The number of hydrogen-bond acceptors (Lipinski definition) is 4. The van der Waals surface area contributed by atoms with Gasteiger partial charge in [0.25, 0.3) is 11.6 Å². The molecule has 0 aromatic heterocycles. The van der Waals surface area contributed by atoms with Crippen LogP contribution in [-0.4, -0.2) is 16.9 Å². The Bertz CT molecular complexity index is 752. The molecular formula is C15H12F2N2O4. The largest absolute Gasteiger partial charge is 0.481 e. The summed E-state index contributed by atoms with van der Waals surface area (Å²) >= 11 is 0. The Balaban J connectivity index is 2.03. The first-order valence-corrected chi connectivity index (χ1v) is 6.54. The summed E-state index contributed by atoms with van der Waals surface area (Å²) in [4.78, 5) is 22.1. The average Bonchev–Trinajstić information content (AvgIpc) is 2.51. The topological polar surface area (TPSA) is 81.5 Å². The highest BCUT2D eigenvalue weighted by molar-refractivity contribution is 5.94. The minimum Gasteiger partial charge on any atom is -0.481 e. The second-order valence-corrected chi connectivity index (χ2v) is 4.63. The molecule has 0 saturated heterocycles. The van der Waals surface area contributed by atoms with Crippen molar-refractivity contribution in [2.24, 2.45) is 0 Å². The Kier molecular flexibility index (Phi) is 4.85. The molecular weight excluding hydrogens is 310 g/mol. The molecule has 0 saturated carbocycles. The van der Waals surface area contributed by atoms with Crippen molar-refractivity contribution in [1.82, 2.24) is 0 Å². The number of carbonyl (C=O) groups is 1. The van der Waals surface area contributed by atoms with Crippen molar-refractivity contribution in [3.8, 4) is 5.75 Å². The monoisotopic (exact) mass is 322 g/mol. The minimum atomic E-state index is -1.09. The molecule has 23 heavy (non-hydrogen) atoms. The van der Waals surface area contributed by atoms with E-state index in [4.69, 9.17) is 4.74 Å². The molecule has 6 nitrogen and oxygen atoms in total. The van der Waals surface area contributed by atoms with Crippen molar-refractivity contribution >= 4 is 17.3 Å². The van der Waals surface area contributed by atoms with E-state index < -0.39 is 28.6 Å². The van der Waals surface area contributed by atoms with Crippen molar-refractivity contribution in [2.45, 2.75) is 13.0 Å². The lowest BCUT2D eigenvalue weighted by atomic mass is 10.2. The normalized spacial score (nSPS) is 11.6. The van der Waals surface area contributed by atoms with E-state index in [1.54, 1.807) is 0 Å². The Labute approximate surface area is 129 Å². The SMILES string of the molecule is CC(Oc1ccc(F)c(F)c1)C(=O)Nc1cccc([N+](=O)[O-])c1. The molecule has 1 atom stereocenters. The van der Waals surface area contributed by atoms with Gasteiger partial charge < -0.3 is 10.1 Å². The molecule has 0 aliphatic heterocycles. The third-order valence-electron chi connectivity index (χ3n) is 2.90. The van der Waals surface area contributed by atoms with Gasteiger partial charge in [0.1, 0.15) is 5.75 Å². The Morgan fingerprint density at radius 2 is 1.96 bits per heavy atom. The summed E-state index contributed by atoms with van der Waals surface area (Å²) in [7, 11) is 0. The van der Waals surface area contributed by atoms with E-state index in [2.05, 4.69) is 5.32 Å². The predicted octanol–water partition coefficient (Wildman–Crippen LogP) is 3.28. The zero-order chi connectivity index (χ0) is 17.0. The number of benzene rings is 2. The van der Waals surface area contributed by atoms with Crippen LogP contribution in [0.3, 0.4) is 0 Å². The molecule has 8 heteroatoms. The molecule has 2 rings (SSSR count). The summed E-state index contributed by atoms with van der Waals surface area (Å²) in [6.07, 6.45) is -1.01. The maximum atomic E-state index is 13.1. The summed E-state index contributed by atoms with van der Waals surface area (Å²) in [6.45, 7) is 1.41. The van der Waals surface area contributed by atoms with Crippen molar-refractivity contribution in [2.75, 3.05) is 5.32 Å². The first kappa shape index (κ1) is 16.3. The predicted molar refractivity (Wildman–Crippen MR) is 78.2 cm³/mol. The van der Waals surface area contributed by atoms with Gasteiger partial charge in [0.15, 0.2) is 17.7 Å². The number of rotatable bonds is 5. The molecule has 1 amide bonds. The third-order valence-corrected chi connectivity index (χ3v) is 2.90. The average molecular weight is 322 g/mol. The summed E-state index contributed by atoms with van der Waals surface area (Å²) in [5.74, 6) is -2.71. The van der Waals surface area contributed by atoms with Crippen molar-refractivity contribution in [1.29, 1.82) is 0 Å². The van der Waals surface area contributed by atoms with E-state index in [0.29, 0.717) is 0 Å². The molecule has 0 bridgehead atoms. The lowest BCUT2D eigenvalue weighted by Crippen LogP contribution is -2.30. The summed E-state index contributed by atoms with van der Waals surface area (Å²) < 4.78 is 31.1. The fourth-order valence-electron chi connectivity index (χ4n) is 1.75. The molecule has 0 aliphatic carbocycles. The molecule has 120 valence electrons. The second kappa shape index (κ2) is 6.82. The van der Waals surface area contributed by atoms with E-state index in [1.807, 2.05) is 0 Å². The summed E-state index contributed by atoms with van der Waals surface area (Å²) in [5.41, 5.74) is 0.0573. The molecule has 1 unspecified atom stereocenters. The van der Waals surface area contributed by atoms with Gasteiger partial charge in [-0.1, -0.05) is 6.07 Å². The first-order chi connectivity index (χ1) is 10.9. The lowest BCUT2D eigenvalue weighted by molar-refractivity contribution is -0.384. The molecule has 2 aromatic rings. The summed E-state index contributed by atoms with van der Waals surface area (Å²) in [6, 6.07) is 8.29. The molecule has 0 fully saturated rings. The fraction of sp³-hybridized carbons (Fsp3) is 0.133. The number of amides is 1. The Morgan fingerprint density at radius 1 is 1.22 bits per heavy atom. The van der Waals surface area contributed by atoms with Gasteiger partial charge in [-0.3, -0.25) is 14.9 Å². The smallest absolute Gasteiger partial charge is 0.271 e. The number of carbonyl (C=O) groups excluding carboxylic acids is 1. The third kappa shape index (κ3) is 4.22. The van der Waals surface area contributed by atoms with Gasteiger partial charge in [-0.05, 0) is 25.1 Å². The number of nitro groups is 1. The van der Waals surface area contributed by atoms with Crippen LogP contribution in [-0.2, 0) is 4.79 Å². The number of nitrogens with one attached hydrogen (secondary N) is 1. The van der Waals surface area contributed by atoms with Crippen molar-refractivity contribution in [3.05, 3.63) is 64.2 Å². The highest BCUT2D eigenvalue weighted by atomic mass is 19.2. The summed E-state index contributed by atoms with van der Waals surface area (Å²) in [5, 5.41) is 13.1. The Morgan fingerprint density at radius 3 is 2.61 bits per heavy atom. The van der Waals surface area contributed by atoms with Gasteiger partial charge in [0, 0.05) is 23.9 Å². The fourth-order valence-corrected chi connectivity index (χ4v) is 1.75. The van der Waals surface area contributed by atoms with E-state index >= 15 is 0 Å². The maximum absolute atomic E-state index is 13.1. The number of hydrogen-bond donors (Lipinski definition) is 1. The van der Waals surface area contributed by atoms with Gasteiger partial charge >= 0.3 is 0 Å².